The molecule has 1 saturated heterocycles. The van der Waals surface area contributed by atoms with Crippen LogP contribution in [0.25, 0.3) is 0 Å². The SMILES string of the molecule is [2H]C1(CCN(B([B])[B])B(B([B])[B])B([B])B([B])[B])CCOCC1. The van der Waals surface area contributed by atoms with Crippen LogP contribution in [0.2, 0.25) is 0 Å². The molecule has 0 atom stereocenters. The first-order chi connectivity index (χ1) is 10.2. The lowest BCUT2D eigenvalue weighted by atomic mass is 8.65. The van der Waals surface area contributed by atoms with Gasteiger partial charge in [0, 0.05) is 87.9 Å². The molecular weight excluding hydrogens is 244 g/mol. The van der Waals surface area contributed by atoms with Gasteiger partial charge in [0.05, 0.1) is 0 Å². The van der Waals surface area contributed by atoms with Crippen molar-refractivity contribution in [2.24, 2.45) is 5.89 Å². The van der Waals surface area contributed by atoms with E-state index in [2.05, 4.69) is 0 Å². The van der Waals surface area contributed by atoms with Gasteiger partial charge in [0.1, 0.15) is 13.3 Å². The third-order valence-electron chi connectivity index (χ3n) is 3.92. The van der Waals surface area contributed by atoms with Crippen LogP contribution in [0, 0.1) is 5.89 Å². The Morgan fingerprint density at radius 1 is 1.00 bits per heavy atom. The van der Waals surface area contributed by atoms with Crippen LogP contribution in [-0.2, 0) is 4.74 Å². The molecule has 1 fully saturated rings. The van der Waals surface area contributed by atoms with Crippen LogP contribution in [0.5, 0.6) is 0 Å². The Bertz CT molecular complexity index is 329. The maximum atomic E-state index is 8.46. The average Bonchev–Trinajstić information content (AvgIpc) is 2.42. The molecule has 1 aliphatic rings. The van der Waals surface area contributed by atoms with E-state index in [1.807, 2.05) is 0 Å². The van der Waals surface area contributed by atoms with Gasteiger partial charge < -0.3 is 9.46 Å². The predicted molar refractivity (Wildman–Crippen MR) is 104 cm³/mol. The standard InChI is InChI=1S/C7H13B12NO/c8-15(9)18(14)19(16(10)11)20(17(12)13)4-1-7-2-5-21-6-3-7/h7H,1-6H2/i7D. The maximum absolute atomic E-state index is 8.46. The van der Waals surface area contributed by atoms with Crippen molar-refractivity contribution in [1.29, 1.82) is 0 Å². The third-order valence-corrected chi connectivity index (χ3v) is 3.92. The van der Waals surface area contributed by atoms with Gasteiger partial charge in [-0.05, 0) is 31.7 Å². The molecule has 0 amide bonds. The zero-order valence-corrected chi connectivity index (χ0v) is 12.5. The molecule has 1 rings (SSSR count). The molecular formula is C7H13B12NO. The second-order valence-corrected chi connectivity index (χ2v) is 5.56. The zero-order valence-electron chi connectivity index (χ0n) is 13.5. The molecule has 2 nitrogen and oxygen atoms in total. The minimum Gasteiger partial charge on any atom is -0.412 e. The van der Waals surface area contributed by atoms with Crippen molar-refractivity contribution in [3.05, 3.63) is 0 Å². The molecule has 0 spiro atoms. The highest BCUT2D eigenvalue weighted by atomic mass is 16.5. The fraction of sp³-hybridized carbons (Fsp3) is 1.00. The molecule has 0 bridgehead atoms. The first kappa shape index (κ1) is 18.0. The van der Waals surface area contributed by atoms with E-state index in [1.165, 1.54) is 0 Å². The highest BCUT2D eigenvalue weighted by Crippen LogP contribution is 2.19. The fourth-order valence-electron chi connectivity index (χ4n) is 2.62. The minimum atomic E-state index is -0.812. The van der Waals surface area contributed by atoms with Crippen LogP contribution in [0.15, 0.2) is 0 Å². The molecule has 0 saturated carbocycles. The molecule has 21 heavy (non-hydrogen) atoms. The van der Waals surface area contributed by atoms with E-state index in [1.54, 1.807) is 4.72 Å². The van der Waals surface area contributed by atoms with Gasteiger partial charge in [-0.1, -0.05) is 0 Å². The number of ether oxygens (including phenoxy) is 1. The molecule has 0 aromatic rings. The summed E-state index contributed by atoms with van der Waals surface area (Å²) in [4.78, 5) is 0. The lowest BCUT2D eigenvalue weighted by molar-refractivity contribution is 0.0634. The van der Waals surface area contributed by atoms with Gasteiger partial charge in [-0.15, -0.1) is 0 Å². The summed E-state index contributed by atoms with van der Waals surface area (Å²) in [6.07, 6.45) is -0.363. The van der Waals surface area contributed by atoms with Crippen LogP contribution in [0.4, 0.5) is 0 Å². The van der Waals surface area contributed by atoms with E-state index in [0.29, 0.717) is 39.0 Å². The van der Waals surface area contributed by atoms with Crippen LogP contribution in [0.3, 0.4) is 0 Å². The molecule has 0 aromatic heterocycles. The molecule has 1 heterocycles. The number of nitrogens with zero attached hydrogens (tertiary/aromatic N) is 1. The monoisotopic (exact) mass is 260 g/mol. The molecule has 0 N–H and O–H groups in total. The van der Waals surface area contributed by atoms with Crippen molar-refractivity contribution in [2.45, 2.75) is 19.3 Å². The summed E-state index contributed by atoms with van der Waals surface area (Å²) in [5, 5.41) is 0. The Morgan fingerprint density at radius 2 is 1.57 bits per heavy atom. The molecule has 0 aromatic carbocycles. The number of hydrogen-bond donors (Lipinski definition) is 0. The van der Waals surface area contributed by atoms with E-state index in [4.69, 9.17) is 60.3 Å². The molecule has 1 aliphatic heterocycles. The quantitative estimate of drug-likeness (QED) is 0.418. The summed E-state index contributed by atoms with van der Waals surface area (Å²) in [5.74, 6) is -0.566. The lowest BCUT2D eigenvalue weighted by Crippen LogP contribution is -2.70. The smallest absolute Gasteiger partial charge is 0.105 e. The molecule has 14 heteroatoms. The molecule has 14 radical (unpaired) electrons. The second-order valence-electron chi connectivity index (χ2n) is 5.56. The normalized spacial score (nSPS) is 17.9. The van der Waals surface area contributed by atoms with E-state index in [9.17, 15) is 0 Å². The van der Waals surface area contributed by atoms with Crippen molar-refractivity contribution in [2.75, 3.05) is 19.8 Å². The second kappa shape index (κ2) is 9.75. The van der Waals surface area contributed by atoms with Gasteiger partial charge in [-0.3, -0.25) is 0 Å². The van der Waals surface area contributed by atoms with Crippen molar-refractivity contribution in [3.63, 3.8) is 0 Å². The van der Waals surface area contributed by atoms with Crippen molar-refractivity contribution in [1.82, 2.24) is 4.72 Å². The first-order valence-corrected chi connectivity index (χ1v) is 7.30. The zero-order chi connectivity index (χ0) is 16.9. The van der Waals surface area contributed by atoms with E-state index in [-0.39, 0.29) is 0 Å². The average molecular weight is 258 g/mol. The topological polar surface area (TPSA) is 12.5 Å². The van der Waals surface area contributed by atoms with Crippen LogP contribution < -0.4 is 0 Å². The van der Waals surface area contributed by atoms with Crippen LogP contribution in [0.1, 0.15) is 20.6 Å². The first-order valence-electron chi connectivity index (χ1n) is 7.80. The minimum absolute atomic E-state index is 0.442. The summed E-state index contributed by atoms with van der Waals surface area (Å²) in [5.41, 5.74) is 0. The van der Waals surface area contributed by atoms with E-state index >= 15 is 0 Å². The van der Waals surface area contributed by atoms with E-state index in [0.717, 1.165) is 0 Å². The Labute approximate surface area is 142 Å². The summed E-state index contributed by atoms with van der Waals surface area (Å²) in [6, 6.07) is 0. The Hall–Kier alpha value is 0.699. The Kier molecular flexibility index (Phi) is 8.38. The Balaban J connectivity index is 2.77. The van der Waals surface area contributed by atoms with Gasteiger partial charge in [-0.25, -0.2) is 0 Å². The molecule has 0 aliphatic carbocycles. The van der Waals surface area contributed by atoms with Gasteiger partial charge in [0.2, 0.25) is 0 Å². The van der Waals surface area contributed by atoms with Gasteiger partial charge in [0.25, 0.3) is 0 Å². The van der Waals surface area contributed by atoms with Crippen LogP contribution in [-0.4, -0.2) is 111 Å². The summed E-state index contributed by atoms with van der Waals surface area (Å²) in [7, 11) is 40.7. The highest BCUT2D eigenvalue weighted by Gasteiger charge is 2.34. The van der Waals surface area contributed by atoms with Crippen LogP contribution >= 0.6 is 0 Å². The van der Waals surface area contributed by atoms with Crippen molar-refractivity contribution in [3.8, 4) is 0 Å². The van der Waals surface area contributed by atoms with Gasteiger partial charge >= 0.3 is 0 Å². The van der Waals surface area contributed by atoms with Crippen molar-refractivity contribution >= 4 is 86.6 Å². The highest BCUT2D eigenvalue weighted by molar-refractivity contribution is 7.91. The van der Waals surface area contributed by atoms with Gasteiger partial charge in [-0.2, -0.15) is 0 Å². The fourth-order valence-corrected chi connectivity index (χ4v) is 2.62. The summed E-state index contributed by atoms with van der Waals surface area (Å²) >= 11 is 0. The van der Waals surface area contributed by atoms with E-state index < -0.39 is 38.3 Å². The maximum Gasteiger partial charge on any atom is 0.105 e. The number of hydrogen-bond acceptors (Lipinski definition) is 2. The Morgan fingerprint density at radius 3 is 2.00 bits per heavy atom. The summed E-state index contributed by atoms with van der Waals surface area (Å²) in [6.45, 7) is 0.240. The third kappa shape index (κ3) is 6.37. The largest absolute Gasteiger partial charge is 0.412 e. The molecule has 0 unspecified atom stereocenters. The molecule has 88 valence electrons. The number of rotatable bonds is 8. The van der Waals surface area contributed by atoms with Gasteiger partial charge in [0.15, 0.2) is 0 Å². The lowest BCUT2D eigenvalue weighted by Gasteiger charge is -2.41. The predicted octanol–water partition coefficient (Wildman–Crippen LogP) is -3.54. The summed E-state index contributed by atoms with van der Waals surface area (Å²) < 4.78 is 15.5. The van der Waals surface area contributed by atoms with Crippen molar-refractivity contribution < 1.29 is 6.11 Å².